The van der Waals surface area contributed by atoms with Crippen LogP contribution in [0.3, 0.4) is 0 Å². The van der Waals surface area contributed by atoms with Gasteiger partial charge >= 0.3 is 0 Å². The minimum absolute atomic E-state index is 0.00544. The predicted molar refractivity (Wildman–Crippen MR) is 64.9 cm³/mol. The Morgan fingerprint density at radius 3 is 2.53 bits per heavy atom. The Balaban J connectivity index is 2.45. The lowest BCUT2D eigenvalue weighted by Crippen LogP contribution is -2.29. The monoisotopic (exact) mass is 239 g/mol. The first kappa shape index (κ1) is 12.5. The summed E-state index contributed by atoms with van der Waals surface area (Å²) < 4.78 is 28.0. The maximum absolute atomic E-state index is 14.1. The number of rotatable bonds is 4. The van der Waals surface area contributed by atoms with Crippen LogP contribution in [0.5, 0.6) is 0 Å². The third-order valence-corrected chi connectivity index (χ3v) is 3.75. The van der Waals surface area contributed by atoms with Crippen LogP contribution in [-0.2, 0) is 0 Å². The first-order chi connectivity index (χ1) is 7.99. The highest BCUT2D eigenvalue weighted by molar-refractivity contribution is 5.31. The zero-order chi connectivity index (χ0) is 12.6. The smallest absolute Gasteiger partial charge is 0.133 e. The van der Waals surface area contributed by atoms with Crippen molar-refractivity contribution in [1.82, 2.24) is 5.32 Å². The molecule has 0 heterocycles. The highest BCUT2D eigenvalue weighted by Crippen LogP contribution is 2.55. The van der Waals surface area contributed by atoms with Crippen LogP contribution in [0.2, 0.25) is 0 Å². The summed E-state index contributed by atoms with van der Waals surface area (Å²) in [6.07, 6.45) is 2.05. The van der Waals surface area contributed by atoms with E-state index in [0.29, 0.717) is 12.1 Å². The minimum Gasteiger partial charge on any atom is -0.310 e. The highest BCUT2D eigenvalue weighted by atomic mass is 19.1. The molecular formula is C14H19F2N. The highest BCUT2D eigenvalue weighted by Gasteiger charge is 2.47. The fourth-order valence-electron chi connectivity index (χ4n) is 2.33. The average Bonchev–Trinajstić information content (AvgIpc) is 3.02. The van der Waals surface area contributed by atoms with E-state index < -0.39 is 11.6 Å². The van der Waals surface area contributed by atoms with Crippen LogP contribution < -0.4 is 5.32 Å². The van der Waals surface area contributed by atoms with Crippen molar-refractivity contribution >= 4 is 0 Å². The second-order valence-corrected chi connectivity index (χ2v) is 5.24. The summed E-state index contributed by atoms with van der Waals surface area (Å²) in [6, 6.07) is 2.64. The number of nitrogens with one attached hydrogen (secondary N) is 1. The van der Waals surface area contributed by atoms with Gasteiger partial charge in [-0.15, -0.1) is 0 Å². The maximum Gasteiger partial charge on any atom is 0.133 e. The minimum atomic E-state index is -0.438. The lowest BCUT2D eigenvalue weighted by molar-refractivity contribution is 0.347. The fourth-order valence-corrected chi connectivity index (χ4v) is 2.33. The van der Waals surface area contributed by atoms with Gasteiger partial charge in [-0.3, -0.25) is 0 Å². The van der Waals surface area contributed by atoms with Gasteiger partial charge < -0.3 is 5.32 Å². The molecular weight excluding hydrogens is 220 g/mol. The Bertz CT molecular complexity index is 424. The summed E-state index contributed by atoms with van der Waals surface area (Å²) in [5, 5.41) is 3.23. The standard InChI is InChI=1S/C14H19F2N/c1-4-17-13(14(3)7-8-14)11-10(15)6-5-9(2)12(11)16/h5-6,13,17H,4,7-8H2,1-3H3. The summed E-state index contributed by atoms with van der Waals surface area (Å²) in [4.78, 5) is 0. The van der Waals surface area contributed by atoms with Crippen LogP contribution in [0, 0.1) is 24.0 Å². The van der Waals surface area contributed by atoms with Crippen LogP contribution in [0.15, 0.2) is 12.1 Å². The van der Waals surface area contributed by atoms with Crippen LogP contribution in [0.1, 0.15) is 43.9 Å². The normalized spacial score (nSPS) is 19.1. The molecule has 1 aromatic carbocycles. The molecule has 2 rings (SSSR count). The molecule has 1 aromatic rings. The van der Waals surface area contributed by atoms with Gasteiger partial charge in [-0.25, -0.2) is 8.78 Å². The molecule has 1 saturated carbocycles. The lowest BCUT2D eigenvalue weighted by atomic mass is 9.90. The molecule has 17 heavy (non-hydrogen) atoms. The van der Waals surface area contributed by atoms with Crippen molar-refractivity contribution in [2.45, 2.75) is 39.7 Å². The lowest BCUT2D eigenvalue weighted by Gasteiger charge is -2.26. The molecule has 0 bridgehead atoms. The summed E-state index contributed by atoms with van der Waals surface area (Å²) in [6.45, 7) is 6.44. The molecule has 0 spiro atoms. The molecule has 1 atom stereocenters. The van der Waals surface area contributed by atoms with Crippen LogP contribution in [-0.4, -0.2) is 6.54 Å². The summed E-state index contributed by atoms with van der Waals surface area (Å²) in [5.74, 6) is -0.837. The number of hydrogen-bond donors (Lipinski definition) is 1. The molecule has 0 aliphatic heterocycles. The van der Waals surface area contributed by atoms with Crippen molar-refractivity contribution < 1.29 is 8.78 Å². The Morgan fingerprint density at radius 1 is 1.35 bits per heavy atom. The van der Waals surface area contributed by atoms with E-state index in [2.05, 4.69) is 12.2 Å². The molecule has 3 heteroatoms. The first-order valence-electron chi connectivity index (χ1n) is 6.17. The number of halogens is 2. The summed E-state index contributed by atoms with van der Waals surface area (Å²) in [7, 11) is 0. The van der Waals surface area contributed by atoms with Crippen molar-refractivity contribution in [1.29, 1.82) is 0 Å². The second kappa shape index (κ2) is 4.37. The van der Waals surface area contributed by atoms with Crippen molar-refractivity contribution in [3.05, 3.63) is 34.9 Å². The molecule has 94 valence electrons. The van der Waals surface area contributed by atoms with Gasteiger partial charge in [-0.1, -0.05) is 19.9 Å². The van der Waals surface area contributed by atoms with Gasteiger partial charge in [0.25, 0.3) is 0 Å². The van der Waals surface area contributed by atoms with E-state index in [0.717, 1.165) is 12.8 Å². The van der Waals surface area contributed by atoms with Crippen LogP contribution in [0.4, 0.5) is 8.78 Å². The average molecular weight is 239 g/mol. The molecule has 1 fully saturated rings. The van der Waals surface area contributed by atoms with Gasteiger partial charge in [0.2, 0.25) is 0 Å². The number of benzene rings is 1. The Kier molecular flexibility index (Phi) is 3.21. The van der Waals surface area contributed by atoms with Crippen molar-refractivity contribution in [2.24, 2.45) is 5.41 Å². The van der Waals surface area contributed by atoms with E-state index in [1.54, 1.807) is 6.92 Å². The van der Waals surface area contributed by atoms with Gasteiger partial charge in [-0.05, 0) is 43.4 Å². The Hall–Kier alpha value is -0.960. The topological polar surface area (TPSA) is 12.0 Å². The van der Waals surface area contributed by atoms with Gasteiger partial charge in [0.1, 0.15) is 11.6 Å². The molecule has 1 nitrogen and oxygen atoms in total. The molecule has 1 N–H and O–H groups in total. The maximum atomic E-state index is 14.1. The third kappa shape index (κ3) is 2.21. The SMILES string of the molecule is CCNC(c1c(F)ccc(C)c1F)C1(C)CC1. The van der Waals surface area contributed by atoms with E-state index in [1.807, 2.05) is 6.92 Å². The molecule has 1 aliphatic carbocycles. The second-order valence-electron chi connectivity index (χ2n) is 5.24. The number of hydrogen-bond acceptors (Lipinski definition) is 1. The molecule has 0 radical (unpaired) electrons. The molecule has 0 amide bonds. The van der Waals surface area contributed by atoms with E-state index >= 15 is 0 Å². The predicted octanol–water partition coefficient (Wildman–Crippen LogP) is 3.72. The van der Waals surface area contributed by atoms with Crippen LogP contribution in [0.25, 0.3) is 0 Å². The van der Waals surface area contributed by atoms with Gasteiger partial charge in [0.15, 0.2) is 0 Å². The Labute approximate surface area is 101 Å². The van der Waals surface area contributed by atoms with E-state index in [9.17, 15) is 8.78 Å². The van der Waals surface area contributed by atoms with Gasteiger partial charge in [0, 0.05) is 11.6 Å². The molecule has 0 aromatic heterocycles. The molecule has 1 unspecified atom stereocenters. The zero-order valence-electron chi connectivity index (χ0n) is 10.6. The molecule has 0 saturated heterocycles. The fraction of sp³-hybridized carbons (Fsp3) is 0.571. The quantitative estimate of drug-likeness (QED) is 0.844. The van der Waals surface area contributed by atoms with Crippen molar-refractivity contribution in [3.63, 3.8) is 0 Å². The van der Waals surface area contributed by atoms with Gasteiger partial charge in [0.05, 0.1) is 0 Å². The van der Waals surface area contributed by atoms with E-state index in [-0.39, 0.29) is 17.0 Å². The Morgan fingerprint density at radius 2 is 2.00 bits per heavy atom. The van der Waals surface area contributed by atoms with E-state index in [1.165, 1.54) is 12.1 Å². The number of aryl methyl sites for hydroxylation is 1. The summed E-state index contributed by atoms with van der Waals surface area (Å²) >= 11 is 0. The molecule has 1 aliphatic rings. The van der Waals surface area contributed by atoms with E-state index in [4.69, 9.17) is 0 Å². The van der Waals surface area contributed by atoms with Gasteiger partial charge in [-0.2, -0.15) is 0 Å². The summed E-state index contributed by atoms with van der Waals surface area (Å²) in [5.41, 5.74) is 0.728. The van der Waals surface area contributed by atoms with Crippen molar-refractivity contribution in [3.8, 4) is 0 Å². The van der Waals surface area contributed by atoms with Crippen molar-refractivity contribution in [2.75, 3.05) is 6.54 Å². The zero-order valence-corrected chi connectivity index (χ0v) is 10.6. The van der Waals surface area contributed by atoms with Crippen LogP contribution >= 0.6 is 0 Å². The third-order valence-electron chi connectivity index (χ3n) is 3.75. The first-order valence-corrected chi connectivity index (χ1v) is 6.17. The largest absolute Gasteiger partial charge is 0.310 e.